The first-order valence-electron chi connectivity index (χ1n) is 3.55. The number of primary amides is 1. The highest BCUT2D eigenvalue weighted by Gasteiger charge is 2.01. The molecule has 0 aliphatic carbocycles. The molecule has 70 valence electrons. The Balaban J connectivity index is 0.000000223. The maximum atomic E-state index is 9.93. The molecule has 0 aromatic carbocycles. The smallest absolute Gasteiger partial charge is 0.308 e. The van der Waals surface area contributed by atoms with Gasteiger partial charge in [-0.3, -0.25) is 14.6 Å². The molecule has 0 unspecified atom stereocenters. The van der Waals surface area contributed by atoms with Crippen LogP contribution in [0, 0.1) is 0 Å². The average Bonchev–Trinajstić information content (AvgIpc) is 2.20. The molecule has 0 saturated heterocycles. The molecule has 5 nitrogen and oxygen atoms in total. The zero-order valence-electron chi connectivity index (χ0n) is 7.23. The zero-order valence-corrected chi connectivity index (χ0v) is 7.23. The molecule has 5 heteroatoms. The lowest BCUT2D eigenvalue weighted by Gasteiger charge is -1.86. The summed E-state index contributed by atoms with van der Waals surface area (Å²) in [7, 11) is 1.34. The molecular formula is C8H11N3O2. The van der Waals surface area contributed by atoms with Crippen LogP contribution in [-0.4, -0.2) is 23.8 Å². The van der Waals surface area contributed by atoms with Crippen LogP contribution in [-0.2, 0) is 9.59 Å². The summed E-state index contributed by atoms with van der Waals surface area (Å²) < 4.78 is 0. The number of amides is 2. The van der Waals surface area contributed by atoms with Gasteiger partial charge in [0.05, 0.1) is 0 Å². The molecule has 0 saturated carbocycles. The summed E-state index contributed by atoms with van der Waals surface area (Å²) in [6.45, 7) is 0. The third-order valence-corrected chi connectivity index (χ3v) is 1.02. The minimum atomic E-state index is -0.956. The number of carbonyl (C=O) groups excluding carboxylic acids is 2. The van der Waals surface area contributed by atoms with Crippen molar-refractivity contribution >= 4 is 11.8 Å². The number of rotatable bonds is 0. The molecule has 0 atom stereocenters. The highest BCUT2D eigenvalue weighted by Crippen LogP contribution is 1.73. The van der Waals surface area contributed by atoms with Gasteiger partial charge in [-0.1, -0.05) is 6.07 Å². The van der Waals surface area contributed by atoms with E-state index in [4.69, 9.17) is 0 Å². The van der Waals surface area contributed by atoms with E-state index in [1.807, 2.05) is 18.2 Å². The van der Waals surface area contributed by atoms with Crippen LogP contribution in [0.2, 0.25) is 0 Å². The second kappa shape index (κ2) is 6.78. The van der Waals surface area contributed by atoms with Crippen molar-refractivity contribution in [3.05, 3.63) is 30.6 Å². The first-order valence-corrected chi connectivity index (χ1v) is 3.55. The lowest BCUT2D eigenvalue weighted by molar-refractivity contribution is -0.136. The number of carbonyl (C=O) groups is 2. The summed E-state index contributed by atoms with van der Waals surface area (Å²) in [5, 5.41) is 2.05. The zero-order chi connectivity index (χ0) is 10.1. The number of hydrogen-bond acceptors (Lipinski definition) is 3. The van der Waals surface area contributed by atoms with E-state index in [-0.39, 0.29) is 0 Å². The average molecular weight is 181 g/mol. The summed E-state index contributed by atoms with van der Waals surface area (Å²) in [6, 6.07) is 5.72. The predicted molar refractivity (Wildman–Crippen MR) is 47.5 cm³/mol. The number of nitrogens with two attached hydrogens (primary N) is 1. The molecule has 2 amide bonds. The molecule has 0 aliphatic heterocycles. The van der Waals surface area contributed by atoms with Gasteiger partial charge in [0, 0.05) is 19.4 Å². The second-order valence-electron chi connectivity index (χ2n) is 1.97. The van der Waals surface area contributed by atoms with Crippen LogP contribution in [0.1, 0.15) is 0 Å². The Morgan fingerprint density at radius 2 is 1.77 bits per heavy atom. The van der Waals surface area contributed by atoms with Crippen LogP contribution >= 0.6 is 0 Å². The minimum absolute atomic E-state index is 0.764. The molecule has 13 heavy (non-hydrogen) atoms. The highest BCUT2D eigenvalue weighted by molar-refractivity contribution is 6.34. The van der Waals surface area contributed by atoms with Crippen molar-refractivity contribution in [2.75, 3.05) is 7.05 Å². The molecule has 1 heterocycles. The van der Waals surface area contributed by atoms with E-state index in [0.29, 0.717) is 0 Å². The fourth-order valence-electron chi connectivity index (χ4n) is 0.436. The maximum Gasteiger partial charge on any atom is 0.308 e. The minimum Gasteiger partial charge on any atom is -0.361 e. The number of hydrogen-bond donors (Lipinski definition) is 2. The van der Waals surface area contributed by atoms with E-state index >= 15 is 0 Å². The quantitative estimate of drug-likeness (QED) is 0.519. The molecule has 1 rings (SSSR count). The number of aromatic nitrogens is 1. The Morgan fingerprint density at radius 3 is 1.85 bits per heavy atom. The monoisotopic (exact) mass is 181 g/mol. The molecule has 3 N–H and O–H groups in total. The largest absolute Gasteiger partial charge is 0.361 e. The Kier molecular flexibility index (Phi) is 5.78. The lowest BCUT2D eigenvalue weighted by atomic mass is 10.5. The van der Waals surface area contributed by atoms with Gasteiger partial charge in [-0.25, -0.2) is 0 Å². The summed E-state index contributed by atoms with van der Waals surface area (Å²) in [4.78, 5) is 23.5. The number of likely N-dealkylation sites (N-methyl/N-ethyl adjacent to an activating group) is 1. The summed E-state index contributed by atoms with van der Waals surface area (Å²) in [6.07, 6.45) is 3.50. The Bertz CT molecular complexity index is 235. The molecule has 0 aliphatic rings. The van der Waals surface area contributed by atoms with Gasteiger partial charge in [0.1, 0.15) is 0 Å². The van der Waals surface area contributed by atoms with E-state index < -0.39 is 11.8 Å². The number of pyridine rings is 1. The van der Waals surface area contributed by atoms with Gasteiger partial charge in [0.15, 0.2) is 0 Å². The molecule has 0 spiro atoms. The van der Waals surface area contributed by atoms with E-state index in [1.165, 1.54) is 7.05 Å². The fraction of sp³-hybridized carbons (Fsp3) is 0.125. The first-order chi connectivity index (χ1) is 6.18. The summed E-state index contributed by atoms with van der Waals surface area (Å²) >= 11 is 0. The van der Waals surface area contributed by atoms with Gasteiger partial charge in [-0.15, -0.1) is 0 Å². The van der Waals surface area contributed by atoms with Crippen molar-refractivity contribution < 1.29 is 9.59 Å². The third-order valence-electron chi connectivity index (χ3n) is 1.02. The topological polar surface area (TPSA) is 85.1 Å². The van der Waals surface area contributed by atoms with Gasteiger partial charge >= 0.3 is 11.8 Å². The predicted octanol–water partition coefficient (Wildman–Crippen LogP) is -0.701. The molecule has 0 fully saturated rings. The van der Waals surface area contributed by atoms with Crippen molar-refractivity contribution in [1.29, 1.82) is 0 Å². The molecule has 0 bridgehead atoms. The van der Waals surface area contributed by atoms with Crippen molar-refractivity contribution in [3.63, 3.8) is 0 Å². The van der Waals surface area contributed by atoms with E-state index in [1.54, 1.807) is 12.4 Å². The number of nitrogens with zero attached hydrogens (tertiary/aromatic N) is 1. The number of nitrogens with one attached hydrogen (secondary N) is 1. The van der Waals surface area contributed by atoms with Crippen molar-refractivity contribution in [3.8, 4) is 0 Å². The van der Waals surface area contributed by atoms with Gasteiger partial charge < -0.3 is 11.1 Å². The van der Waals surface area contributed by atoms with E-state index in [0.717, 1.165) is 0 Å². The second-order valence-corrected chi connectivity index (χ2v) is 1.97. The lowest BCUT2D eigenvalue weighted by Crippen LogP contribution is -2.33. The molecule has 1 aromatic heterocycles. The summed E-state index contributed by atoms with van der Waals surface area (Å²) in [5.74, 6) is -1.72. The Morgan fingerprint density at radius 1 is 1.23 bits per heavy atom. The van der Waals surface area contributed by atoms with Gasteiger partial charge in [0.25, 0.3) is 0 Å². The normalized spacial score (nSPS) is 7.77. The maximum absolute atomic E-state index is 9.93. The SMILES string of the molecule is CNC(=O)C(N)=O.c1ccncc1. The van der Waals surface area contributed by atoms with Crippen molar-refractivity contribution in [2.45, 2.75) is 0 Å². The van der Waals surface area contributed by atoms with Gasteiger partial charge in [-0.2, -0.15) is 0 Å². The van der Waals surface area contributed by atoms with Crippen LogP contribution in [0.3, 0.4) is 0 Å². The molecule has 0 radical (unpaired) electrons. The fourth-order valence-corrected chi connectivity index (χ4v) is 0.436. The van der Waals surface area contributed by atoms with Crippen LogP contribution < -0.4 is 11.1 Å². The molecule has 1 aromatic rings. The first kappa shape index (κ1) is 11.1. The van der Waals surface area contributed by atoms with Crippen LogP contribution in [0.5, 0.6) is 0 Å². The van der Waals surface area contributed by atoms with Gasteiger partial charge in [0.2, 0.25) is 0 Å². The van der Waals surface area contributed by atoms with E-state index in [9.17, 15) is 9.59 Å². The van der Waals surface area contributed by atoms with Crippen LogP contribution in [0.15, 0.2) is 30.6 Å². The van der Waals surface area contributed by atoms with Crippen LogP contribution in [0.4, 0.5) is 0 Å². The molecular weight excluding hydrogens is 170 g/mol. The third kappa shape index (κ3) is 6.49. The highest BCUT2D eigenvalue weighted by atomic mass is 16.2. The van der Waals surface area contributed by atoms with Crippen molar-refractivity contribution in [2.24, 2.45) is 5.73 Å². The Labute approximate surface area is 76.0 Å². The Hall–Kier alpha value is -1.91. The standard InChI is InChI=1S/C5H5N.C3H6N2O2/c1-2-4-6-5-3-1;1-5-3(7)2(4)6/h1-5H;1H3,(H2,4,6)(H,5,7). The summed E-state index contributed by atoms with van der Waals surface area (Å²) in [5.41, 5.74) is 4.50. The van der Waals surface area contributed by atoms with Crippen molar-refractivity contribution in [1.82, 2.24) is 10.3 Å². The van der Waals surface area contributed by atoms with Gasteiger partial charge in [-0.05, 0) is 12.1 Å². The van der Waals surface area contributed by atoms with E-state index in [2.05, 4.69) is 16.0 Å². The van der Waals surface area contributed by atoms with Crippen LogP contribution in [0.25, 0.3) is 0 Å².